The first-order chi connectivity index (χ1) is 4.34. The van der Waals surface area contributed by atoms with Crippen LogP contribution in [0.2, 0.25) is 0 Å². The molecule has 9 heavy (non-hydrogen) atoms. The second kappa shape index (κ2) is 2.80. The third-order valence-corrected chi connectivity index (χ3v) is 1.72. The van der Waals surface area contributed by atoms with Crippen LogP contribution in [0.4, 0.5) is 0 Å². The van der Waals surface area contributed by atoms with E-state index in [-0.39, 0.29) is 5.56 Å². The molecule has 0 radical (unpaired) electrons. The minimum absolute atomic E-state index is 0.0225. The van der Waals surface area contributed by atoms with E-state index in [2.05, 4.69) is 9.69 Å². The molecule has 1 aromatic heterocycles. The van der Waals surface area contributed by atoms with Crippen molar-refractivity contribution in [2.75, 3.05) is 7.05 Å². The summed E-state index contributed by atoms with van der Waals surface area (Å²) in [5.41, 5.74) is 0.830. The van der Waals surface area contributed by atoms with Crippen LogP contribution in [0.25, 0.3) is 0 Å². The number of rotatable bonds is 2. The second-order valence-electron chi connectivity index (χ2n) is 1.72. The Morgan fingerprint density at radius 3 is 3.11 bits per heavy atom. The fraction of sp³-hybridized carbons (Fsp3) is 0.400. The first kappa shape index (κ1) is 6.51. The van der Waals surface area contributed by atoms with Gasteiger partial charge in [0.25, 0.3) is 5.56 Å². The highest BCUT2D eigenvalue weighted by atomic mass is 32.1. The third kappa shape index (κ3) is 1.40. The summed E-state index contributed by atoms with van der Waals surface area (Å²) < 4.78 is 2.60. The Bertz CT molecular complexity index is 227. The van der Waals surface area contributed by atoms with Gasteiger partial charge in [-0.2, -0.15) is 0 Å². The minimum Gasteiger partial charge on any atom is -0.315 e. The molecule has 0 aliphatic carbocycles. The van der Waals surface area contributed by atoms with Gasteiger partial charge in [0, 0.05) is 17.5 Å². The topological polar surface area (TPSA) is 44.9 Å². The standard InChI is InChI=1S/C5H8N2OS/c1-6-2-4-3-9-7-5(4)8/h3,6H,2H2,1H3,(H,7,8). The van der Waals surface area contributed by atoms with Crippen molar-refractivity contribution in [3.05, 3.63) is 21.3 Å². The SMILES string of the molecule is CNCc1cs[nH]c1=O. The molecule has 0 fully saturated rings. The van der Waals surface area contributed by atoms with E-state index in [0.29, 0.717) is 6.54 Å². The van der Waals surface area contributed by atoms with E-state index in [0.717, 1.165) is 5.56 Å². The summed E-state index contributed by atoms with van der Waals surface area (Å²) in [6.45, 7) is 0.652. The summed E-state index contributed by atoms with van der Waals surface area (Å²) in [7, 11) is 1.82. The highest BCUT2D eigenvalue weighted by Gasteiger charge is 1.95. The lowest BCUT2D eigenvalue weighted by Crippen LogP contribution is -2.13. The van der Waals surface area contributed by atoms with Gasteiger partial charge in [-0.25, -0.2) is 0 Å². The van der Waals surface area contributed by atoms with Gasteiger partial charge in [0.05, 0.1) is 0 Å². The van der Waals surface area contributed by atoms with Crippen LogP contribution >= 0.6 is 11.5 Å². The zero-order chi connectivity index (χ0) is 6.69. The fourth-order valence-electron chi connectivity index (χ4n) is 0.586. The maximum Gasteiger partial charge on any atom is 0.262 e. The first-order valence-corrected chi connectivity index (χ1v) is 3.52. The van der Waals surface area contributed by atoms with Crippen molar-refractivity contribution in [1.29, 1.82) is 0 Å². The molecule has 50 valence electrons. The number of aromatic nitrogens is 1. The molecule has 0 atom stereocenters. The lowest BCUT2D eigenvalue weighted by atomic mass is 10.4. The summed E-state index contributed by atoms with van der Waals surface area (Å²) in [6.07, 6.45) is 0. The van der Waals surface area contributed by atoms with Gasteiger partial charge in [-0.15, -0.1) is 0 Å². The van der Waals surface area contributed by atoms with E-state index in [4.69, 9.17) is 0 Å². The van der Waals surface area contributed by atoms with Crippen molar-refractivity contribution < 1.29 is 0 Å². The molecule has 0 spiro atoms. The van der Waals surface area contributed by atoms with Gasteiger partial charge in [-0.3, -0.25) is 9.17 Å². The summed E-state index contributed by atoms with van der Waals surface area (Å²) >= 11 is 1.33. The highest BCUT2D eigenvalue weighted by Crippen LogP contribution is 1.92. The number of hydrogen-bond donors (Lipinski definition) is 2. The van der Waals surface area contributed by atoms with E-state index in [1.54, 1.807) is 0 Å². The normalized spacial score (nSPS) is 9.89. The Balaban J connectivity index is 2.81. The smallest absolute Gasteiger partial charge is 0.262 e. The third-order valence-electron chi connectivity index (χ3n) is 1.01. The van der Waals surface area contributed by atoms with Crippen LogP contribution in [-0.4, -0.2) is 11.4 Å². The summed E-state index contributed by atoms with van der Waals surface area (Å²) in [5.74, 6) is 0. The van der Waals surface area contributed by atoms with Gasteiger partial charge in [0.2, 0.25) is 0 Å². The molecule has 0 bridgehead atoms. The summed E-state index contributed by atoms with van der Waals surface area (Å²) in [5, 5.41) is 4.72. The molecule has 4 heteroatoms. The van der Waals surface area contributed by atoms with Crippen LogP contribution < -0.4 is 10.9 Å². The predicted molar refractivity (Wildman–Crippen MR) is 37.7 cm³/mol. The Kier molecular flexibility index (Phi) is 2.02. The molecule has 0 aromatic carbocycles. The molecular weight excluding hydrogens is 136 g/mol. The Morgan fingerprint density at radius 1 is 1.89 bits per heavy atom. The number of nitrogens with one attached hydrogen (secondary N) is 2. The number of hydrogen-bond acceptors (Lipinski definition) is 3. The quantitative estimate of drug-likeness (QED) is 0.621. The first-order valence-electron chi connectivity index (χ1n) is 2.64. The van der Waals surface area contributed by atoms with Gasteiger partial charge >= 0.3 is 0 Å². The molecular formula is C5H8N2OS. The average molecular weight is 144 g/mol. The van der Waals surface area contributed by atoms with Gasteiger partial charge in [0.15, 0.2) is 0 Å². The van der Waals surface area contributed by atoms with E-state index in [9.17, 15) is 4.79 Å². The molecule has 0 saturated heterocycles. The molecule has 0 amide bonds. The molecule has 1 aromatic rings. The van der Waals surface area contributed by atoms with Crippen LogP contribution in [0.1, 0.15) is 5.56 Å². The molecule has 0 saturated carbocycles. The molecule has 0 aliphatic rings. The highest BCUT2D eigenvalue weighted by molar-refractivity contribution is 7.03. The maximum atomic E-state index is 10.7. The van der Waals surface area contributed by atoms with Crippen molar-refractivity contribution in [3.8, 4) is 0 Å². The van der Waals surface area contributed by atoms with Gasteiger partial charge < -0.3 is 5.32 Å². The second-order valence-corrected chi connectivity index (χ2v) is 2.40. The molecule has 1 heterocycles. The Labute approximate surface area is 56.9 Å². The van der Waals surface area contributed by atoms with Gasteiger partial charge in [-0.05, 0) is 7.05 Å². The van der Waals surface area contributed by atoms with Gasteiger partial charge in [-0.1, -0.05) is 11.5 Å². The summed E-state index contributed by atoms with van der Waals surface area (Å²) in [4.78, 5) is 10.7. The van der Waals surface area contributed by atoms with Crippen molar-refractivity contribution in [2.45, 2.75) is 6.54 Å². The minimum atomic E-state index is 0.0225. The Hall–Kier alpha value is -0.610. The number of aromatic amines is 1. The molecule has 2 N–H and O–H groups in total. The lowest BCUT2D eigenvalue weighted by Gasteiger charge is -1.88. The fourth-order valence-corrected chi connectivity index (χ4v) is 1.22. The van der Waals surface area contributed by atoms with E-state index >= 15 is 0 Å². The van der Waals surface area contributed by atoms with E-state index < -0.39 is 0 Å². The maximum absolute atomic E-state index is 10.7. The molecule has 0 aliphatic heterocycles. The van der Waals surface area contributed by atoms with E-state index in [1.807, 2.05) is 12.4 Å². The largest absolute Gasteiger partial charge is 0.315 e. The van der Waals surface area contributed by atoms with Crippen LogP contribution in [-0.2, 0) is 6.54 Å². The predicted octanol–water partition coefficient (Wildman–Crippen LogP) is 0.156. The van der Waals surface area contributed by atoms with Crippen molar-refractivity contribution in [3.63, 3.8) is 0 Å². The molecule has 0 unspecified atom stereocenters. The van der Waals surface area contributed by atoms with Crippen molar-refractivity contribution in [1.82, 2.24) is 9.69 Å². The van der Waals surface area contributed by atoms with Crippen molar-refractivity contribution in [2.24, 2.45) is 0 Å². The van der Waals surface area contributed by atoms with Crippen molar-refractivity contribution >= 4 is 11.5 Å². The van der Waals surface area contributed by atoms with Crippen LogP contribution in [0, 0.1) is 0 Å². The monoisotopic (exact) mass is 144 g/mol. The summed E-state index contributed by atoms with van der Waals surface area (Å²) in [6, 6.07) is 0. The molecule has 1 rings (SSSR count). The lowest BCUT2D eigenvalue weighted by molar-refractivity contribution is 0.813. The number of H-pyrrole nitrogens is 1. The molecule has 3 nitrogen and oxygen atoms in total. The van der Waals surface area contributed by atoms with Crippen LogP contribution in [0.3, 0.4) is 0 Å². The van der Waals surface area contributed by atoms with E-state index in [1.165, 1.54) is 11.5 Å². The van der Waals surface area contributed by atoms with Crippen LogP contribution in [0.5, 0.6) is 0 Å². The van der Waals surface area contributed by atoms with Gasteiger partial charge in [0.1, 0.15) is 0 Å². The zero-order valence-corrected chi connectivity index (χ0v) is 5.92. The Morgan fingerprint density at radius 2 is 2.67 bits per heavy atom. The van der Waals surface area contributed by atoms with Crippen LogP contribution in [0.15, 0.2) is 10.2 Å². The average Bonchev–Trinajstić information content (AvgIpc) is 2.18. The zero-order valence-electron chi connectivity index (χ0n) is 5.10.